The SMILES string of the molecule is C[C@H]1[C@H]2CCCC1(c1cccc(O)c1)CCN2CCc1ccccc1. The second kappa shape index (κ2) is 6.84. The van der Waals surface area contributed by atoms with Crippen molar-refractivity contribution in [3.05, 3.63) is 65.7 Å². The third-order valence-electron chi connectivity index (χ3n) is 6.84. The fourth-order valence-electron chi connectivity index (χ4n) is 5.40. The molecule has 132 valence electrons. The van der Waals surface area contributed by atoms with Crippen molar-refractivity contribution in [1.29, 1.82) is 0 Å². The van der Waals surface area contributed by atoms with Crippen LogP contribution in [0.15, 0.2) is 54.6 Å². The number of rotatable bonds is 4. The quantitative estimate of drug-likeness (QED) is 0.870. The molecule has 2 fully saturated rings. The molecule has 4 rings (SSSR count). The molecule has 2 bridgehead atoms. The molecule has 1 heterocycles. The number of hydrogen-bond acceptors (Lipinski definition) is 2. The number of piperidine rings is 1. The van der Waals surface area contributed by atoms with Gasteiger partial charge in [-0.3, -0.25) is 4.90 Å². The number of phenolic OH excluding ortho intramolecular Hbond substituents is 1. The zero-order chi connectivity index (χ0) is 17.3. The lowest BCUT2D eigenvalue weighted by atomic mass is 9.57. The van der Waals surface area contributed by atoms with Crippen molar-refractivity contribution in [2.45, 2.75) is 50.5 Å². The predicted molar refractivity (Wildman–Crippen MR) is 103 cm³/mol. The second-order valence-corrected chi connectivity index (χ2v) is 7.98. The number of nitrogens with zero attached hydrogens (tertiary/aromatic N) is 1. The molecule has 2 heteroatoms. The van der Waals surface area contributed by atoms with Crippen LogP contribution < -0.4 is 0 Å². The van der Waals surface area contributed by atoms with Gasteiger partial charge in [-0.15, -0.1) is 0 Å². The Bertz CT molecular complexity index is 713. The normalized spacial score (nSPS) is 29.5. The molecule has 2 aromatic carbocycles. The van der Waals surface area contributed by atoms with Crippen LogP contribution in [0.25, 0.3) is 0 Å². The minimum absolute atomic E-state index is 0.255. The Labute approximate surface area is 151 Å². The molecule has 2 aromatic rings. The summed E-state index contributed by atoms with van der Waals surface area (Å²) < 4.78 is 0. The summed E-state index contributed by atoms with van der Waals surface area (Å²) in [5.41, 5.74) is 3.05. The molecular formula is C23H29NO. The molecule has 1 saturated heterocycles. The summed E-state index contributed by atoms with van der Waals surface area (Å²) in [5, 5.41) is 9.98. The first-order valence-electron chi connectivity index (χ1n) is 9.76. The van der Waals surface area contributed by atoms with E-state index >= 15 is 0 Å². The van der Waals surface area contributed by atoms with Crippen molar-refractivity contribution in [2.24, 2.45) is 5.92 Å². The Balaban J connectivity index is 1.52. The first-order valence-corrected chi connectivity index (χ1v) is 9.76. The van der Waals surface area contributed by atoms with E-state index in [1.807, 2.05) is 12.1 Å². The minimum Gasteiger partial charge on any atom is -0.508 e. The van der Waals surface area contributed by atoms with Crippen molar-refractivity contribution in [3.8, 4) is 5.75 Å². The van der Waals surface area contributed by atoms with Gasteiger partial charge >= 0.3 is 0 Å². The van der Waals surface area contributed by atoms with Gasteiger partial charge in [0.1, 0.15) is 5.75 Å². The Morgan fingerprint density at radius 1 is 1.08 bits per heavy atom. The fraction of sp³-hybridized carbons (Fsp3) is 0.478. The van der Waals surface area contributed by atoms with Crippen LogP contribution in [0.4, 0.5) is 0 Å². The van der Waals surface area contributed by atoms with E-state index < -0.39 is 0 Å². The van der Waals surface area contributed by atoms with Gasteiger partial charge in [0.05, 0.1) is 0 Å². The number of fused-ring (bicyclic) bond motifs is 2. The molecule has 3 atom stereocenters. The molecule has 1 saturated carbocycles. The van der Waals surface area contributed by atoms with E-state index in [0.29, 0.717) is 17.7 Å². The van der Waals surface area contributed by atoms with Crippen molar-refractivity contribution in [1.82, 2.24) is 4.90 Å². The van der Waals surface area contributed by atoms with Gasteiger partial charge in [0.2, 0.25) is 0 Å². The predicted octanol–water partition coefficient (Wildman–Crippen LogP) is 4.77. The first-order chi connectivity index (χ1) is 12.2. The van der Waals surface area contributed by atoms with Crippen molar-refractivity contribution < 1.29 is 5.11 Å². The van der Waals surface area contributed by atoms with Gasteiger partial charge in [-0.1, -0.05) is 55.8 Å². The molecule has 1 aliphatic heterocycles. The van der Waals surface area contributed by atoms with Gasteiger partial charge in [0.15, 0.2) is 0 Å². The molecule has 1 aliphatic carbocycles. The molecule has 0 radical (unpaired) electrons. The number of phenols is 1. The lowest BCUT2D eigenvalue weighted by Crippen LogP contribution is -2.58. The maximum absolute atomic E-state index is 9.98. The summed E-state index contributed by atoms with van der Waals surface area (Å²) in [6.07, 6.45) is 6.23. The topological polar surface area (TPSA) is 23.5 Å². The summed E-state index contributed by atoms with van der Waals surface area (Å²) >= 11 is 0. The van der Waals surface area contributed by atoms with Gasteiger partial charge in [-0.2, -0.15) is 0 Å². The molecule has 25 heavy (non-hydrogen) atoms. The van der Waals surface area contributed by atoms with Crippen LogP contribution in [0, 0.1) is 5.92 Å². The van der Waals surface area contributed by atoms with E-state index in [0.717, 1.165) is 13.0 Å². The number of benzene rings is 2. The van der Waals surface area contributed by atoms with Crippen LogP contribution in [0.5, 0.6) is 5.75 Å². The number of likely N-dealkylation sites (tertiary alicyclic amines) is 1. The third-order valence-corrected chi connectivity index (χ3v) is 6.84. The van der Waals surface area contributed by atoms with Gasteiger partial charge in [-0.05, 0) is 61.4 Å². The molecule has 2 aliphatic rings. The molecule has 2 nitrogen and oxygen atoms in total. The Kier molecular flexibility index (Phi) is 4.56. The zero-order valence-electron chi connectivity index (χ0n) is 15.2. The van der Waals surface area contributed by atoms with Gasteiger partial charge in [0, 0.05) is 18.0 Å². The Morgan fingerprint density at radius 2 is 1.92 bits per heavy atom. The maximum atomic E-state index is 9.98. The monoisotopic (exact) mass is 335 g/mol. The van der Waals surface area contributed by atoms with Crippen LogP contribution in [0.3, 0.4) is 0 Å². The molecular weight excluding hydrogens is 306 g/mol. The summed E-state index contributed by atoms with van der Waals surface area (Å²) in [7, 11) is 0. The van der Waals surface area contributed by atoms with E-state index in [9.17, 15) is 5.11 Å². The van der Waals surface area contributed by atoms with E-state index in [4.69, 9.17) is 0 Å². The minimum atomic E-state index is 0.255. The second-order valence-electron chi connectivity index (χ2n) is 7.98. The average Bonchev–Trinajstić information content (AvgIpc) is 2.62. The highest BCUT2D eigenvalue weighted by Gasteiger charge is 2.49. The lowest BCUT2D eigenvalue weighted by molar-refractivity contribution is -0.00242. The lowest BCUT2D eigenvalue weighted by Gasteiger charge is -2.55. The van der Waals surface area contributed by atoms with E-state index in [2.05, 4.69) is 48.2 Å². The number of hydrogen-bond donors (Lipinski definition) is 1. The van der Waals surface area contributed by atoms with Crippen molar-refractivity contribution >= 4 is 0 Å². The summed E-state index contributed by atoms with van der Waals surface area (Å²) in [6, 6.07) is 19.6. The average molecular weight is 335 g/mol. The molecule has 0 amide bonds. The maximum Gasteiger partial charge on any atom is 0.115 e. The third kappa shape index (κ3) is 3.08. The Hall–Kier alpha value is -1.80. The van der Waals surface area contributed by atoms with Crippen LogP contribution in [0.2, 0.25) is 0 Å². The number of aromatic hydroxyl groups is 1. The van der Waals surface area contributed by atoms with Crippen LogP contribution in [-0.2, 0) is 11.8 Å². The molecule has 1 unspecified atom stereocenters. The highest BCUT2D eigenvalue weighted by molar-refractivity contribution is 5.35. The molecule has 0 aromatic heterocycles. The van der Waals surface area contributed by atoms with Crippen LogP contribution in [-0.4, -0.2) is 29.1 Å². The molecule has 0 spiro atoms. The smallest absolute Gasteiger partial charge is 0.115 e. The Morgan fingerprint density at radius 3 is 2.72 bits per heavy atom. The zero-order valence-corrected chi connectivity index (χ0v) is 15.2. The van der Waals surface area contributed by atoms with Gasteiger partial charge in [-0.25, -0.2) is 0 Å². The first kappa shape index (κ1) is 16.7. The van der Waals surface area contributed by atoms with E-state index in [-0.39, 0.29) is 5.41 Å². The van der Waals surface area contributed by atoms with Crippen LogP contribution >= 0.6 is 0 Å². The summed E-state index contributed by atoms with van der Waals surface area (Å²) in [6.45, 7) is 4.79. The van der Waals surface area contributed by atoms with Crippen molar-refractivity contribution in [3.63, 3.8) is 0 Å². The largest absolute Gasteiger partial charge is 0.508 e. The highest BCUT2D eigenvalue weighted by atomic mass is 16.3. The summed E-state index contributed by atoms with van der Waals surface area (Å²) in [4.78, 5) is 2.73. The van der Waals surface area contributed by atoms with Gasteiger partial charge < -0.3 is 5.11 Å². The standard InChI is InChI=1S/C23H29NO/c1-18-22-11-6-13-23(18,20-9-5-10-21(25)17-20)14-16-24(22)15-12-19-7-3-2-4-8-19/h2-5,7-10,17-18,22,25H,6,11-16H2,1H3/t18-,22+,23?/m0/s1. The van der Waals surface area contributed by atoms with Crippen LogP contribution in [0.1, 0.15) is 43.7 Å². The fourth-order valence-corrected chi connectivity index (χ4v) is 5.40. The highest BCUT2D eigenvalue weighted by Crippen LogP contribution is 2.51. The van der Waals surface area contributed by atoms with Crippen molar-refractivity contribution in [2.75, 3.05) is 13.1 Å². The van der Waals surface area contributed by atoms with E-state index in [1.165, 1.54) is 43.4 Å². The van der Waals surface area contributed by atoms with E-state index in [1.54, 1.807) is 6.07 Å². The summed E-state index contributed by atoms with van der Waals surface area (Å²) in [5.74, 6) is 1.06. The molecule has 1 N–H and O–H groups in total. The van der Waals surface area contributed by atoms with Gasteiger partial charge in [0.25, 0.3) is 0 Å².